The zero-order valence-electron chi connectivity index (χ0n) is 10.6. The van der Waals surface area contributed by atoms with E-state index in [0.717, 1.165) is 24.1 Å². The number of carbonyl (C=O) groups is 1. The Kier molecular flexibility index (Phi) is 2.66. The van der Waals surface area contributed by atoms with Gasteiger partial charge in [0.1, 0.15) is 11.5 Å². The molecule has 3 nitrogen and oxygen atoms in total. The number of aromatic nitrogens is 1. The summed E-state index contributed by atoms with van der Waals surface area (Å²) < 4.78 is 15.5. The van der Waals surface area contributed by atoms with Crippen LogP contribution in [0, 0.1) is 12.7 Å². The van der Waals surface area contributed by atoms with Crippen molar-refractivity contribution in [2.24, 2.45) is 0 Å². The zero-order chi connectivity index (χ0) is 13.6. The first-order valence-electron chi connectivity index (χ1n) is 6.29. The Hall–Kier alpha value is -2.10. The molecule has 0 aliphatic heterocycles. The van der Waals surface area contributed by atoms with Crippen LogP contribution in [0.25, 0.3) is 11.3 Å². The number of halogens is 1. The molecule has 0 radical (unpaired) electrons. The molecule has 1 aromatic heterocycles. The molecule has 1 aliphatic carbocycles. The van der Waals surface area contributed by atoms with Crippen molar-refractivity contribution in [2.75, 3.05) is 0 Å². The maximum atomic E-state index is 13.7. The summed E-state index contributed by atoms with van der Waals surface area (Å²) >= 11 is 0. The van der Waals surface area contributed by atoms with Crippen LogP contribution in [-0.2, 0) is 0 Å². The lowest BCUT2D eigenvalue weighted by atomic mass is 10.1. The average Bonchev–Trinajstić information content (AvgIpc) is 3.11. The Morgan fingerprint density at radius 1 is 1.32 bits per heavy atom. The average molecular weight is 259 g/mol. The Morgan fingerprint density at radius 3 is 2.68 bits per heavy atom. The fraction of sp³-hybridized carbons (Fsp3) is 0.267. The van der Waals surface area contributed by atoms with Crippen LogP contribution in [-0.4, -0.2) is 15.6 Å². The second-order valence-corrected chi connectivity index (χ2v) is 4.92. The van der Waals surface area contributed by atoms with Crippen LogP contribution in [0.5, 0.6) is 0 Å². The second-order valence-electron chi connectivity index (χ2n) is 4.92. The van der Waals surface area contributed by atoms with Gasteiger partial charge in [0.05, 0.1) is 0 Å². The molecule has 1 fully saturated rings. The third-order valence-electron chi connectivity index (χ3n) is 3.59. The number of carboxylic acids is 1. The van der Waals surface area contributed by atoms with Gasteiger partial charge in [0, 0.05) is 17.3 Å². The molecule has 3 rings (SSSR count). The van der Waals surface area contributed by atoms with Crippen LogP contribution < -0.4 is 0 Å². The summed E-state index contributed by atoms with van der Waals surface area (Å²) in [7, 11) is 0. The molecule has 0 saturated heterocycles. The minimum absolute atomic E-state index is 0.235. The third kappa shape index (κ3) is 1.93. The predicted molar refractivity (Wildman–Crippen MR) is 69.8 cm³/mol. The molecule has 19 heavy (non-hydrogen) atoms. The van der Waals surface area contributed by atoms with Gasteiger partial charge in [0.15, 0.2) is 0 Å². The third-order valence-corrected chi connectivity index (χ3v) is 3.59. The van der Waals surface area contributed by atoms with Crippen molar-refractivity contribution < 1.29 is 14.3 Å². The summed E-state index contributed by atoms with van der Waals surface area (Å²) in [5, 5.41) is 9.23. The molecule has 1 aromatic carbocycles. The standard InChI is InChI=1S/C15H14FNO2/c1-9-11(3-2-4-12(9)16)13-7-8-14(15(18)19)17(13)10-5-6-10/h2-4,7-8,10H,5-6H2,1H3,(H,18,19). The maximum absolute atomic E-state index is 13.7. The first kappa shape index (κ1) is 12.0. The van der Waals surface area contributed by atoms with Gasteiger partial charge >= 0.3 is 5.97 Å². The molecule has 0 unspecified atom stereocenters. The highest BCUT2D eigenvalue weighted by Crippen LogP contribution is 2.41. The van der Waals surface area contributed by atoms with Crippen LogP contribution in [0.2, 0.25) is 0 Å². The molecule has 0 bridgehead atoms. The normalized spacial score (nSPS) is 14.6. The summed E-state index contributed by atoms with van der Waals surface area (Å²) in [6.07, 6.45) is 1.96. The molecule has 0 amide bonds. The van der Waals surface area contributed by atoms with E-state index < -0.39 is 5.97 Å². The number of rotatable bonds is 3. The van der Waals surface area contributed by atoms with Crippen molar-refractivity contribution >= 4 is 5.97 Å². The van der Waals surface area contributed by atoms with E-state index in [2.05, 4.69) is 0 Å². The Bertz CT molecular complexity index is 656. The van der Waals surface area contributed by atoms with E-state index in [1.165, 1.54) is 6.07 Å². The van der Waals surface area contributed by atoms with Crippen LogP contribution in [0.15, 0.2) is 30.3 Å². The summed E-state index contributed by atoms with van der Waals surface area (Å²) in [5.74, 6) is -1.20. The lowest BCUT2D eigenvalue weighted by Crippen LogP contribution is -2.08. The lowest BCUT2D eigenvalue weighted by molar-refractivity contribution is 0.0685. The zero-order valence-corrected chi connectivity index (χ0v) is 10.6. The number of hydrogen-bond donors (Lipinski definition) is 1. The van der Waals surface area contributed by atoms with Crippen LogP contribution in [0.3, 0.4) is 0 Å². The van der Waals surface area contributed by atoms with Crippen LogP contribution >= 0.6 is 0 Å². The Balaban J connectivity index is 2.20. The molecule has 1 N–H and O–H groups in total. The van der Waals surface area contributed by atoms with E-state index in [1.54, 1.807) is 25.1 Å². The van der Waals surface area contributed by atoms with E-state index in [-0.39, 0.29) is 17.6 Å². The van der Waals surface area contributed by atoms with E-state index >= 15 is 0 Å². The first-order valence-corrected chi connectivity index (χ1v) is 6.29. The number of hydrogen-bond acceptors (Lipinski definition) is 1. The minimum Gasteiger partial charge on any atom is -0.477 e. The maximum Gasteiger partial charge on any atom is 0.352 e. The van der Waals surface area contributed by atoms with Crippen molar-refractivity contribution in [3.63, 3.8) is 0 Å². The van der Waals surface area contributed by atoms with E-state index in [9.17, 15) is 14.3 Å². The van der Waals surface area contributed by atoms with Crippen molar-refractivity contribution in [2.45, 2.75) is 25.8 Å². The van der Waals surface area contributed by atoms with E-state index in [4.69, 9.17) is 0 Å². The van der Waals surface area contributed by atoms with Crippen molar-refractivity contribution in [3.05, 3.63) is 47.4 Å². The topological polar surface area (TPSA) is 42.2 Å². The Labute approximate surface area is 110 Å². The summed E-state index contributed by atoms with van der Waals surface area (Å²) in [5.41, 5.74) is 2.39. The van der Waals surface area contributed by atoms with Gasteiger partial charge in [-0.05, 0) is 43.5 Å². The van der Waals surface area contributed by atoms with Gasteiger partial charge in [-0.2, -0.15) is 0 Å². The highest BCUT2D eigenvalue weighted by atomic mass is 19.1. The van der Waals surface area contributed by atoms with Crippen LogP contribution in [0.4, 0.5) is 4.39 Å². The van der Waals surface area contributed by atoms with Crippen molar-refractivity contribution in [3.8, 4) is 11.3 Å². The molecule has 1 aliphatic rings. The van der Waals surface area contributed by atoms with Gasteiger partial charge in [-0.1, -0.05) is 12.1 Å². The summed E-state index contributed by atoms with van der Waals surface area (Å²) in [4.78, 5) is 11.3. The van der Waals surface area contributed by atoms with Crippen molar-refractivity contribution in [1.82, 2.24) is 4.57 Å². The molecule has 4 heteroatoms. The van der Waals surface area contributed by atoms with Crippen molar-refractivity contribution in [1.29, 1.82) is 0 Å². The number of benzene rings is 1. The van der Waals surface area contributed by atoms with Gasteiger partial charge in [-0.15, -0.1) is 0 Å². The second kappa shape index (κ2) is 4.23. The molecule has 98 valence electrons. The smallest absolute Gasteiger partial charge is 0.352 e. The number of carboxylic acid groups (broad SMARTS) is 1. The fourth-order valence-electron chi connectivity index (χ4n) is 2.45. The fourth-order valence-corrected chi connectivity index (χ4v) is 2.45. The molecular formula is C15H14FNO2. The van der Waals surface area contributed by atoms with Crippen LogP contribution in [0.1, 0.15) is 34.9 Å². The predicted octanol–water partition coefficient (Wildman–Crippen LogP) is 3.64. The molecule has 1 heterocycles. The molecule has 0 atom stereocenters. The largest absolute Gasteiger partial charge is 0.477 e. The monoisotopic (exact) mass is 259 g/mol. The molecule has 2 aromatic rings. The number of aromatic carboxylic acids is 1. The summed E-state index contributed by atoms with van der Waals surface area (Å²) in [6, 6.07) is 8.50. The van der Waals surface area contributed by atoms with E-state index in [1.807, 2.05) is 10.6 Å². The number of nitrogens with zero attached hydrogens (tertiary/aromatic N) is 1. The van der Waals surface area contributed by atoms with Gasteiger partial charge in [-0.3, -0.25) is 0 Å². The van der Waals surface area contributed by atoms with Gasteiger partial charge in [-0.25, -0.2) is 9.18 Å². The lowest BCUT2D eigenvalue weighted by Gasteiger charge is -2.12. The van der Waals surface area contributed by atoms with Gasteiger partial charge in [0.2, 0.25) is 0 Å². The van der Waals surface area contributed by atoms with E-state index in [0.29, 0.717) is 5.56 Å². The quantitative estimate of drug-likeness (QED) is 0.914. The Morgan fingerprint density at radius 2 is 2.05 bits per heavy atom. The molecule has 1 saturated carbocycles. The molecule has 0 spiro atoms. The SMILES string of the molecule is Cc1c(F)cccc1-c1ccc(C(=O)O)n1C1CC1. The molecular weight excluding hydrogens is 245 g/mol. The highest BCUT2D eigenvalue weighted by Gasteiger charge is 2.30. The summed E-state index contributed by atoms with van der Waals surface area (Å²) in [6.45, 7) is 1.72. The highest BCUT2D eigenvalue weighted by molar-refractivity contribution is 5.88. The first-order chi connectivity index (χ1) is 9.09. The van der Waals surface area contributed by atoms with Gasteiger partial charge in [0.25, 0.3) is 0 Å². The van der Waals surface area contributed by atoms with Gasteiger partial charge < -0.3 is 9.67 Å². The minimum atomic E-state index is -0.938.